The third-order valence-electron chi connectivity index (χ3n) is 4.38. The molecule has 5 nitrogen and oxygen atoms in total. The van der Waals surface area contributed by atoms with Crippen molar-refractivity contribution >= 4 is 16.8 Å². The standard InChI is InChI=1S/C22H19N3O2/c26-22(21-19-12-6-7-13-20(19)24-25-21)23-14-16-8-4-5-9-17(16)15-27-18-10-2-1-3-11-18/h1-13H,14-15H2,(H,23,26)(H,24,25). The molecule has 0 saturated carbocycles. The molecule has 4 aromatic rings. The number of rotatable bonds is 6. The lowest BCUT2D eigenvalue weighted by Gasteiger charge is -2.12. The van der Waals surface area contributed by atoms with Crippen LogP contribution in [0.5, 0.6) is 5.75 Å². The normalized spacial score (nSPS) is 10.7. The summed E-state index contributed by atoms with van der Waals surface area (Å²) in [5.74, 6) is 0.616. The molecular formula is C22H19N3O2. The predicted octanol–water partition coefficient (Wildman–Crippen LogP) is 4.07. The Bertz CT molecular complexity index is 1060. The maximum absolute atomic E-state index is 12.6. The molecule has 0 unspecified atom stereocenters. The summed E-state index contributed by atoms with van der Waals surface area (Å²) in [4.78, 5) is 12.6. The molecule has 1 amide bonds. The Balaban J connectivity index is 1.44. The lowest BCUT2D eigenvalue weighted by molar-refractivity contribution is 0.0947. The average molecular weight is 357 g/mol. The lowest BCUT2D eigenvalue weighted by Crippen LogP contribution is -2.24. The van der Waals surface area contributed by atoms with Crippen molar-refractivity contribution in [1.82, 2.24) is 15.5 Å². The molecule has 0 aliphatic heterocycles. The summed E-state index contributed by atoms with van der Waals surface area (Å²) < 4.78 is 5.84. The smallest absolute Gasteiger partial charge is 0.272 e. The van der Waals surface area contributed by atoms with Gasteiger partial charge in [-0.3, -0.25) is 9.89 Å². The van der Waals surface area contributed by atoms with E-state index in [9.17, 15) is 4.79 Å². The molecule has 4 rings (SSSR count). The van der Waals surface area contributed by atoms with Gasteiger partial charge in [-0.25, -0.2) is 0 Å². The van der Waals surface area contributed by atoms with Crippen molar-refractivity contribution < 1.29 is 9.53 Å². The van der Waals surface area contributed by atoms with Crippen molar-refractivity contribution in [2.75, 3.05) is 0 Å². The zero-order valence-corrected chi connectivity index (χ0v) is 14.7. The van der Waals surface area contributed by atoms with Gasteiger partial charge in [0.25, 0.3) is 5.91 Å². The van der Waals surface area contributed by atoms with Crippen LogP contribution < -0.4 is 10.1 Å². The molecule has 5 heteroatoms. The van der Waals surface area contributed by atoms with E-state index in [0.29, 0.717) is 18.8 Å². The molecule has 2 N–H and O–H groups in total. The van der Waals surface area contributed by atoms with Crippen LogP contribution >= 0.6 is 0 Å². The molecule has 27 heavy (non-hydrogen) atoms. The zero-order chi connectivity index (χ0) is 18.5. The van der Waals surface area contributed by atoms with Crippen LogP contribution in [0.15, 0.2) is 78.9 Å². The highest BCUT2D eigenvalue weighted by Gasteiger charge is 2.14. The number of nitrogens with zero attached hydrogens (tertiary/aromatic N) is 1. The number of para-hydroxylation sites is 2. The second-order valence-electron chi connectivity index (χ2n) is 6.17. The molecule has 1 heterocycles. The van der Waals surface area contributed by atoms with Crippen LogP contribution in [0.25, 0.3) is 10.9 Å². The molecule has 0 bridgehead atoms. The molecule has 0 atom stereocenters. The van der Waals surface area contributed by atoms with E-state index in [0.717, 1.165) is 27.8 Å². The Hall–Kier alpha value is -3.60. The van der Waals surface area contributed by atoms with Gasteiger partial charge in [0.05, 0.1) is 5.52 Å². The summed E-state index contributed by atoms with van der Waals surface area (Å²) in [6.45, 7) is 0.857. The van der Waals surface area contributed by atoms with Gasteiger partial charge in [0, 0.05) is 11.9 Å². The summed E-state index contributed by atoms with van der Waals surface area (Å²) in [5, 5.41) is 10.8. The molecular weight excluding hydrogens is 338 g/mol. The third kappa shape index (κ3) is 3.82. The number of amides is 1. The predicted molar refractivity (Wildman–Crippen MR) is 104 cm³/mol. The lowest BCUT2D eigenvalue weighted by atomic mass is 10.1. The fraction of sp³-hybridized carbons (Fsp3) is 0.0909. The van der Waals surface area contributed by atoms with E-state index in [2.05, 4.69) is 15.5 Å². The van der Waals surface area contributed by atoms with E-state index in [1.54, 1.807) is 0 Å². The monoisotopic (exact) mass is 357 g/mol. The number of carbonyl (C=O) groups excluding carboxylic acids is 1. The molecule has 0 aliphatic rings. The van der Waals surface area contributed by atoms with Gasteiger partial charge in [0.15, 0.2) is 5.69 Å². The molecule has 0 aliphatic carbocycles. The van der Waals surface area contributed by atoms with E-state index in [1.165, 1.54) is 0 Å². The Morgan fingerprint density at radius 1 is 0.889 bits per heavy atom. The number of hydrogen-bond donors (Lipinski definition) is 2. The van der Waals surface area contributed by atoms with Crippen LogP contribution in [0.3, 0.4) is 0 Å². The van der Waals surface area contributed by atoms with Gasteiger partial charge < -0.3 is 10.1 Å². The summed E-state index contributed by atoms with van der Waals surface area (Å²) in [7, 11) is 0. The fourth-order valence-corrected chi connectivity index (χ4v) is 2.94. The molecule has 3 aromatic carbocycles. The van der Waals surface area contributed by atoms with Crippen molar-refractivity contribution in [1.29, 1.82) is 0 Å². The van der Waals surface area contributed by atoms with Gasteiger partial charge in [-0.1, -0.05) is 60.7 Å². The van der Waals surface area contributed by atoms with E-state index in [1.807, 2.05) is 78.9 Å². The van der Waals surface area contributed by atoms with Crippen LogP contribution in [-0.4, -0.2) is 16.1 Å². The van der Waals surface area contributed by atoms with Crippen molar-refractivity contribution in [3.63, 3.8) is 0 Å². The number of H-pyrrole nitrogens is 1. The van der Waals surface area contributed by atoms with Gasteiger partial charge in [0.1, 0.15) is 12.4 Å². The van der Waals surface area contributed by atoms with Gasteiger partial charge in [-0.2, -0.15) is 5.10 Å². The first-order chi connectivity index (χ1) is 13.3. The van der Waals surface area contributed by atoms with Crippen LogP contribution in [0.1, 0.15) is 21.6 Å². The highest BCUT2D eigenvalue weighted by molar-refractivity contribution is 6.04. The number of aromatic amines is 1. The van der Waals surface area contributed by atoms with Gasteiger partial charge in [-0.05, 0) is 29.3 Å². The molecule has 0 spiro atoms. The largest absolute Gasteiger partial charge is 0.489 e. The van der Waals surface area contributed by atoms with E-state index in [4.69, 9.17) is 4.74 Å². The number of carbonyl (C=O) groups is 1. The van der Waals surface area contributed by atoms with Gasteiger partial charge >= 0.3 is 0 Å². The quantitative estimate of drug-likeness (QED) is 0.547. The summed E-state index contributed by atoms with van der Waals surface area (Å²) in [5.41, 5.74) is 3.30. The molecule has 134 valence electrons. The maximum atomic E-state index is 12.6. The second kappa shape index (κ2) is 7.74. The van der Waals surface area contributed by atoms with Crippen molar-refractivity contribution in [2.45, 2.75) is 13.2 Å². The van der Waals surface area contributed by atoms with E-state index in [-0.39, 0.29) is 5.91 Å². The number of nitrogens with one attached hydrogen (secondary N) is 2. The Labute approximate surface area is 157 Å². The van der Waals surface area contributed by atoms with Crippen LogP contribution in [0.4, 0.5) is 0 Å². The summed E-state index contributed by atoms with van der Waals surface area (Å²) in [6, 6.07) is 25.2. The number of benzene rings is 3. The van der Waals surface area contributed by atoms with Crippen molar-refractivity contribution in [2.24, 2.45) is 0 Å². The first-order valence-corrected chi connectivity index (χ1v) is 8.77. The van der Waals surface area contributed by atoms with Crippen LogP contribution in [0.2, 0.25) is 0 Å². The molecule has 0 radical (unpaired) electrons. The van der Waals surface area contributed by atoms with Gasteiger partial charge in [-0.15, -0.1) is 0 Å². The first-order valence-electron chi connectivity index (χ1n) is 8.77. The highest BCUT2D eigenvalue weighted by Crippen LogP contribution is 2.17. The Kier molecular flexibility index (Phi) is 4.83. The van der Waals surface area contributed by atoms with Crippen molar-refractivity contribution in [3.05, 3.63) is 95.7 Å². The minimum absolute atomic E-state index is 0.203. The minimum atomic E-state index is -0.203. The number of hydrogen-bond acceptors (Lipinski definition) is 3. The SMILES string of the molecule is O=C(NCc1ccccc1COc1ccccc1)c1n[nH]c2ccccc12. The summed E-state index contributed by atoms with van der Waals surface area (Å²) >= 11 is 0. The maximum Gasteiger partial charge on any atom is 0.272 e. The first kappa shape index (κ1) is 16.8. The summed E-state index contributed by atoms with van der Waals surface area (Å²) in [6.07, 6.45) is 0. The zero-order valence-electron chi connectivity index (χ0n) is 14.7. The number of ether oxygens (including phenoxy) is 1. The second-order valence-corrected chi connectivity index (χ2v) is 6.17. The Morgan fingerprint density at radius 2 is 1.59 bits per heavy atom. The number of fused-ring (bicyclic) bond motifs is 1. The van der Waals surface area contributed by atoms with Crippen molar-refractivity contribution in [3.8, 4) is 5.75 Å². The number of aromatic nitrogens is 2. The minimum Gasteiger partial charge on any atom is -0.489 e. The van der Waals surface area contributed by atoms with Gasteiger partial charge in [0.2, 0.25) is 0 Å². The fourth-order valence-electron chi connectivity index (χ4n) is 2.94. The van der Waals surface area contributed by atoms with E-state index < -0.39 is 0 Å². The Morgan fingerprint density at radius 3 is 2.44 bits per heavy atom. The average Bonchev–Trinajstić information content (AvgIpc) is 3.16. The van der Waals surface area contributed by atoms with E-state index >= 15 is 0 Å². The molecule has 0 fully saturated rings. The topological polar surface area (TPSA) is 67.0 Å². The molecule has 0 saturated heterocycles. The third-order valence-corrected chi connectivity index (χ3v) is 4.38. The highest BCUT2D eigenvalue weighted by atomic mass is 16.5. The van der Waals surface area contributed by atoms with Crippen LogP contribution in [-0.2, 0) is 13.2 Å². The van der Waals surface area contributed by atoms with Crippen LogP contribution in [0, 0.1) is 0 Å². The molecule has 1 aromatic heterocycles.